The Morgan fingerprint density at radius 3 is 2.36 bits per heavy atom. The summed E-state index contributed by atoms with van der Waals surface area (Å²) in [6.07, 6.45) is -5.44. The van der Waals surface area contributed by atoms with Crippen molar-refractivity contribution in [1.29, 1.82) is 0 Å². The van der Waals surface area contributed by atoms with Gasteiger partial charge in [0.05, 0.1) is 30.0 Å². The van der Waals surface area contributed by atoms with E-state index in [2.05, 4.69) is 5.32 Å². The van der Waals surface area contributed by atoms with Crippen LogP contribution in [0, 0.1) is 0 Å². The minimum atomic E-state index is -4.95. The molecule has 0 bridgehead atoms. The number of hydrogen-bond acceptors (Lipinski definition) is 7. The molecule has 0 radical (unpaired) electrons. The number of piperidine rings is 1. The van der Waals surface area contributed by atoms with Gasteiger partial charge in [-0.05, 0) is 77.3 Å². The van der Waals surface area contributed by atoms with Crippen molar-refractivity contribution in [3.8, 4) is 11.5 Å². The third-order valence-corrected chi connectivity index (χ3v) is 8.53. The maximum absolute atomic E-state index is 14.8. The van der Waals surface area contributed by atoms with E-state index in [0.717, 1.165) is 12.1 Å². The van der Waals surface area contributed by atoms with Gasteiger partial charge in [-0.25, -0.2) is 4.79 Å². The monoisotopic (exact) mass is 704 g/mol. The summed E-state index contributed by atoms with van der Waals surface area (Å²) >= 11 is 0. The Labute approximate surface area is 291 Å². The summed E-state index contributed by atoms with van der Waals surface area (Å²) in [5.74, 6) is -1.30. The Morgan fingerprint density at radius 2 is 1.78 bits per heavy atom. The smallest absolute Gasteiger partial charge is 0.417 e. The van der Waals surface area contributed by atoms with E-state index in [4.69, 9.17) is 14.2 Å². The van der Waals surface area contributed by atoms with Crippen LogP contribution in [-0.2, 0) is 26.9 Å². The van der Waals surface area contributed by atoms with Crippen LogP contribution in [0.25, 0.3) is 0 Å². The molecule has 11 nitrogen and oxygen atoms in total. The number of likely N-dealkylation sites (tertiary alicyclic amines) is 1. The molecule has 1 fully saturated rings. The Bertz CT molecular complexity index is 1560. The number of hydrogen-bond donors (Lipinski definition) is 1. The second-order valence-electron chi connectivity index (χ2n) is 13.7. The van der Waals surface area contributed by atoms with Crippen molar-refractivity contribution >= 4 is 29.5 Å². The van der Waals surface area contributed by atoms with Crippen molar-refractivity contribution in [2.24, 2.45) is 0 Å². The maximum atomic E-state index is 14.8. The van der Waals surface area contributed by atoms with Crippen molar-refractivity contribution in [1.82, 2.24) is 15.1 Å². The van der Waals surface area contributed by atoms with Gasteiger partial charge in [0.1, 0.15) is 17.1 Å². The Morgan fingerprint density at radius 1 is 1.10 bits per heavy atom. The zero-order chi connectivity index (χ0) is 37.0. The number of halogens is 3. The van der Waals surface area contributed by atoms with Crippen LogP contribution in [0.1, 0.15) is 82.3 Å². The molecule has 2 aliphatic heterocycles. The van der Waals surface area contributed by atoms with Crippen LogP contribution in [0.4, 0.5) is 23.7 Å². The van der Waals surface area contributed by atoms with Crippen molar-refractivity contribution < 1.29 is 46.6 Å². The minimum Gasteiger partial charge on any atom is -0.497 e. The fourth-order valence-electron chi connectivity index (χ4n) is 6.18. The maximum Gasteiger partial charge on any atom is 0.417 e. The Kier molecular flexibility index (Phi) is 11.9. The lowest BCUT2D eigenvalue weighted by Gasteiger charge is -2.42. The molecule has 1 unspecified atom stereocenters. The SMILES string of the molecule is CCC(=O)NCCN1C(=O)[C@H](Cc2ccc(OC)cc2)Oc2cc(C(F)(F)F)c(C(=O)N(C(C)C)C3CCCN(C(=O)OC(C)(C)C)C3)cc21. The number of rotatable bonds is 10. The highest BCUT2D eigenvalue weighted by atomic mass is 19.4. The van der Waals surface area contributed by atoms with Gasteiger partial charge < -0.3 is 34.2 Å². The van der Waals surface area contributed by atoms with Gasteiger partial charge in [0.25, 0.3) is 11.8 Å². The number of fused-ring (bicyclic) bond motifs is 1. The second kappa shape index (κ2) is 15.6. The highest BCUT2D eigenvalue weighted by molar-refractivity contribution is 6.04. The van der Waals surface area contributed by atoms with E-state index in [0.29, 0.717) is 30.7 Å². The van der Waals surface area contributed by atoms with Crippen LogP contribution in [0.2, 0.25) is 0 Å². The Hall–Kier alpha value is -4.49. The first-order valence-corrected chi connectivity index (χ1v) is 16.9. The number of carbonyl (C=O) groups is 4. The number of alkyl halides is 3. The largest absolute Gasteiger partial charge is 0.497 e. The van der Waals surface area contributed by atoms with Gasteiger partial charge >= 0.3 is 12.3 Å². The summed E-state index contributed by atoms with van der Waals surface area (Å²) in [6, 6.07) is 7.59. The van der Waals surface area contributed by atoms with Gasteiger partial charge in [0.2, 0.25) is 5.91 Å². The van der Waals surface area contributed by atoms with Crippen molar-refractivity contribution in [3.05, 3.63) is 53.1 Å². The molecule has 0 spiro atoms. The van der Waals surface area contributed by atoms with Crippen LogP contribution in [0.5, 0.6) is 11.5 Å². The van der Waals surface area contributed by atoms with E-state index in [1.165, 1.54) is 21.8 Å². The topological polar surface area (TPSA) is 118 Å². The third kappa shape index (κ3) is 9.19. The fraction of sp³-hybridized carbons (Fsp3) is 0.556. The average Bonchev–Trinajstić information content (AvgIpc) is 3.04. The lowest BCUT2D eigenvalue weighted by molar-refractivity contribution is -0.138. The summed E-state index contributed by atoms with van der Waals surface area (Å²) in [5, 5.41) is 2.70. The highest BCUT2D eigenvalue weighted by Crippen LogP contribution is 2.43. The van der Waals surface area contributed by atoms with E-state index < -0.39 is 59.0 Å². The number of nitrogens with one attached hydrogen (secondary N) is 1. The van der Waals surface area contributed by atoms with Gasteiger partial charge in [-0.15, -0.1) is 0 Å². The quantitative estimate of drug-likeness (QED) is 0.331. The normalized spacial score (nSPS) is 17.9. The zero-order valence-electron chi connectivity index (χ0n) is 29.7. The molecule has 2 aromatic carbocycles. The number of amides is 4. The zero-order valence-corrected chi connectivity index (χ0v) is 29.7. The molecule has 2 atom stereocenters. The van der Waals surface area contributed by atoms with Gasteiger partial charge in [0, 0.05) is 45.1 Å². The molecular formula is C36H47F3N4O7. The molecule has 1 saturated heterocycles. The van der Waals surface area contributed by atoms with Gasteiger partial charge in [-0.3, -0.25) is 14.4 Å². The fourth-order valence-corrected chi connectivity index (χ4v) is 6.18. The first kappa shape index (κ1) is 38.3. The van der Waals surface area contributed by atoms with Crippen molar-refractivity contribution in [2.75, 3.05) is 38.2 Å². The molecule has 2 aliphatic rings. The molecule has 50 heavy (non-hydrogen) atoms. The predicted molar refractivity (Wildman–Crippen MR) is 180 cm³/mol. The molecule has 1 N–H and O–H groups in total. The molecular weight excluding hydrogens is 657 g/mol. The number of nitrogens with zero attached hydrogens (tertiary/aromatic N) is 3. The lowest BCUT2D eigenvalue weighted by atomic mass is 9.97. The molecule has 4 rings (SSSR count). The number of methoxy groups -OCH3 is 1. The van der Waals surface area contributed by atoms with Crippen molar-refractivity contribution in [3.63, 3.8) is 0 Å². The number of ether oxygens (including phenoxy) is 3. The molecule has 14 heteroatoms. The highest BCUT2D eigenvalue weighted by Gasteiger charge is 2.43. The average molecular weight is 705 g/mol. The first-order chi connectivity index (χ1) is 23.4. The third-order valence-electron chi connectivity index (χ3n) is 8.53. The Balaban J connectivity index is 1.74. The molecule has 4 amide bonds. The van der Waals surface area contributed by atoms with E-state index in [-0.39, 0.29) is 49.8 Å². The van der Waals surface area contributed by atoms with Gasteiger partial charge in [0.15, 0.2) is 6.10 Å². The lowest BCUT2D eigenvalue weighted by Crippen LogP contribution is -2.54. The summed E-state index contributed by atoms with van der Waals surface area (Å²) in [5.41, 5.74) is -1.92. The predicted octanol–water partition coefficient (Wildman–Crippen LogP) is 5.83. The summed E-state index contributed by atoms with van der Waals surface area (Å²) < 4.78 is 61.1. The summed E-state index contributed by atoms with van der Waals surface area (Å²) in [7, 11) is 1.51. The first-order valence-electron chi connectivity index (χ1n) is 16.9. The van der Waals surface area contributed by atoms with Gasteiger partial charge in [-0.2, -0.15) is 13.2 Å². The summed E-state index contributed by atoms with van der Waals surface area (Å²) in [4.78, 5) is 57.2. The van der Waals surface area contributed by atoms with Crippen LogP contribution in [0.3, 0.4) is 0 Å². The van der Waals surface area contributed by atoms with E-state index in [1.54, 1.807) is 65.8 Å². The van der Waals surface area contributed by atoms with Crippen LogP contribution in [-0.4, -0.2) is 90.7 Å². The van der Waals surface area contributed by atoms with Crippen molar-refractivity contribution in [2.45, 2.75) is 97.2 Å². The summed E-state index contributed by atoms with van der Waals surface area (Å²) in [6.45, 7) is 10.7. The van der Waals surface area contributed by atoms with Crippen LogP contribution < -0.4 is 19.7 Å². The molecule has 0 aromatic heterocycles. The molecule has 2 aromatic rings. The van der Waals surface area contributed by atoms with E-state index in [1.807, 2.05) is 0 Å². The number of anilines is 1. The number of benzene rings is 2. The van der Waals surface area contributed by atoms with Crippen LogP contribution >= 0.6 is 0 Å². The minimum absolute atomic E-state index is 0.00851. The molecule has 0 aliphatic carbocycles. The van der Waals surface area contributed by atoms with E-state index in [9.17, 15) is 32.3 Å². The van der Waals surface area contributed by atoms with Crippen LogP contribution in [0.15, 0.2) is 36.4 Å². The standard InChI is InChI=1S/C36H47F3N4O7/c1-8-31(44)40-15-17-42-28-19-26(32(45)43(22(2)3)24-10-9-16-41(21-24)34(47)50-35(4,5)6)27(36(37,38)39)20-29(28)49-30(33(42)46)18-23-11-13-25(48-7)14-12-23/h11-14,19-20,22,24,30H,8-10,15-18,21H2,1-7H3,(H,40,44)/t24?,30-/m0/s1. The molecule has 2 heterocycles. The van der Waals surface area contributed by atoms with Gasteiger partial charge in [-0.1, -0.05) is 19.1 Å². The molecule has 0 saturated carbocycles. The molecule has 274 valence electrons. The second-order valence-corrected chi connectivity index (χ2v) is 13.7. The van der Waals surface area contributed by atoms with E-state index >= 15 is 0 Å². The number of carbonyl (C=O) groups excluding carboxylic acids is 4.